The molecule has 3 N–H and O–H groups in total. The number of anilines is 1. The van der Waals surface area contributed by atoms with Crippen molar-refractivity contribution in [3.05, 3.63) is 42.5 Å². The molecule has 0 aliphatic rings. The van der Waals surface area contributed by atoms with Gasteiger partial charge in [-0.15, -0.1) is 0 Å². The molecule has 3 rings (SSSR count). The first-order valence-electron chi connectivity index (χ1n) is 6.63. The second kappa shape index (κ2) is 4.56. The zero-order chi connectivity index (χ0) is 14.3. The summed E-state index contributed by atoms with van der Waals surface area (Å²) in [5.74, 6) is 0.932. The summed E-state index contributed by atoms with van der Waals surface area (Å²) in [4.78, 5) is 4.69. The number of imidazole rings is 1. The van der Waals surface area contributed by atoms with E-state index in [4.69, 9.17) is 5.73 Å². The highest BCUT2D eigenvalue weighted by molar-refractivity contribution is 5.81. The Morgan fingerprint density at radius 2 is 1.90 bits per heavy atom. The molecule has 3 aromatic rings. The fraction of sp³-hybridized carbons (Fsp3) is 0.188. The number of phenolic OH excluding ortho intramolecular Hbond substituents is 1. The van der Waals surface area contributed by atoms with Gasteiger partial charge in [0, 0.05) is 11.6 Å². The molecule has 0 spiro atoms. The van der Waals surface area contributed by atoms with E-state index in [0.29, 0.717) is 5.69 Å². The number of nitrogens with zero attached hydrogens (tertiary/aromatic N) is 2. The number of fused-ring (bicyclic) bond motifs is 1. The quantitative estimate of drug-likeness (QED) is 0.551. The summed E-state index contributed by atoms with van der Waals surface area (Å²) >= 11 is 0. The Kier molecular flexibility index (Phi) is 2.86. The number of hydrogen-bond acceptors (Lipinski definition) is 3. The van der Waals surface area contributed by atoms with Crippen LogP contribution in [0, 0.1) is 0 Å². The molecular weight excluding hydrogens is 250 g/mol. The summed E-state index contributed by atoms with van der Waals surface area (Å²) in [5.41, 5.74) is 8.94. The van der Waals surface area contributed by atoms with Crippen molar-refractivity contribution in [2.45, 2.75) is 19.9 Å². The minimum atomic E-state index is 0.0878. The number of phenols is 1. The van der Waals surface area contributed by atoms with Gasteiger partial charge in [0.15, 0.2) is 0 Å². The van der Waals surface area contributed by atoms with Gasteiger partial charge >= 0.3 is 0 Å². The number of nitrogen functional groups attached to an aromatic ring is 1. The average molecular weight is 267 g/mol. The largest absolute Gasteiger partial charge is 0.506 e. The lowest BCUT2D eigenvalue weighted by molar-refractivity contribution is 0.478. The highest BCUT2D eigenvalue weighted by Crippen LogP contribution is 2.31. The van der Waals surface area contributed by atoms with E-state index in [-0.39, 0.29) is 11.8 Å². The van der Waals surface area contributed by atoms with Crippen LogP contribution >= 0.6 is 0 Å². The molecule has 4 heteroatoms. The lowest BCUT2D eigenvalue weighted by Gasteiger charge is -2.13. The fourth-order valence-corrected chi connectivity index (χ4v) is 2.45. The first-order chi connectivity index (χ1) is 9.58. The van der Waals surface area contributed by atoms with Gasteiger partial charge in [-0.2, -0.15) is 0 Å². The first-order valence-corrected chi connectivity index (χ1v) is 6.63. The maximum atomic E-state index is 9.80. The van der Waals surface area contributed by atoms with E-state index in [2.05, 4.69) is 29.5 Å². The van der Waals surface area contributed by atoms with E-state index >= 15 is 0 Å². The first kappa shape index (κ1) is 12.5. The topological polar surface area (TPSA) is 64.1 Å². The summed E-state index contributed by atoms with van der Waals surface area (Å²) in [5, 5.41) is 9.80. The van der Waals surface area contributed by atoms with Gasteiger partial charge in [-0.1, -0.05) is 12.1 Å². The van der Waals surface area contributed by atoms with E-state index in [1.54, 1.807) is 12.1 Å². The SMILES string of the molecule is CC(C)n1c(-c2ccc(N)c(O)c2)nc2ccccc21. The molecule has 20 heavy (non-hydrogen) atoms. The van der Waals surface area contributed by atoms with E-state index in [1.165, 1.54) is 0 Å². The van der Waals surface area contributed by atoms with Gasteiger partial charge in [-0.3, -0.25) is 0 Å². The van der Waals surface area contributed by atoms with Gasteiger partial charge in [-0.05, 0) is 44.2 Å². The summed E-state index contributed by atoms with van der Waals surface area (Å²) in [7, 11) is 0. The molecule has 0 unspecified atom stereocenters. The predicted molar refractivity (Wildman–Crippen MR) is 81.6 cm³/mol. The number of hydrogen-bond donors (Lipinski definition) is 2. The van der Waals surface area contributed by atoms with Crippen LogP contribution in [0.4, 0.5) is 5.69 Å². The summed E-state index contributed by atoms with van der Waals surface area (Å²) in [6.45, 7) is 4.24. The highest BCUT2D eigenvalue weighted by atomic mass is 16.3. The Labute approximate surface area is 117 Å². The Hall–Kier alpha value is -2.49. The van der Waals surface area contributed by atoms with Crippen molar-refractivity contribution in [3.8, 4) is 17.1 Å². The molecule has 1 aromatic heterocycles. The lowest BCUT2D eigenvalue weighted by Crippen LogP contribution is -2.03. The third kappa shape index (κ3) is 1.90. The van der Waals surface area contributed by atoms with E-state index in [1.807, 2.05) is 24.3 Å². The maximum absolute atomic E-state index is 9.80. The zero-order valence-electron chi connectivity index (χ0n) is 11.5. The number of benzene rings is 2. The molecule has 0 aliphatic heterocycles. The van der Waals surface area contributed by atoms with Crippen molar-refractivity contribution >= 4 is 16.7 Å². The molecule has 102 valence electrons. The fourth-order valence-electron chi connectivity index (χ4n) is 2.45. The standard InChI is InChI=1S/C16H17N3O/c1-10(2)19-14-6-4-3-5-13(14)18-16(19)11-7-8-12(17)15(20)9-11/h3-10,20H,17H2,1-2H3. The van der Waals surface area contributed by atoms with Crippen molar-refractivity contribution in [2.75, 3.05) is 5.73 Å². The summed E-state index contributed by atoms with van der Waals surface area (Å²) in [6.07, 6.45) is 0. The van der Waals surface area contributed by atoms with Crippen LogP contribution in [0.25, 0.3) is 22.4 Å². The van der Waals surface area contributed by atoms with E-state index in [9.17, 15) is 5.11 Å². The molecule has 0 atom stereocenters. The Morgan fingerprint density at radius 3 is 2.60 bits per heavy atom. The Balaban J connectivity index is 2.29. The molecule has 0 saturated heterocycles. The second-order valence-corrected chi connectivity index (χ2v) is 5.16. The van der Waals surface area contributed by atoms with Crippen LogP contribution in [0.15, 0.2) is 42.5 Å². The predicted octanol–water partition coefficient (Wildman–Crippen LogP) is 3.57. The van der Waals surface area contributed by atoms with Crippen molar-refractivity contribution in [1.29, 1.82) is 0 Å². The van der Waals surface area contributed by atoms with Crippen LogP contribution in [-0.4, -0.2) is 14.7 Å². The number of nitrogens with two attached hydrogens (primary N) is 1. The molecule has 4 nitrogen and oxygen atoms in total. The van der Waals surface area contributed by atoms with Gasteiger partial charge in [0.05, 0.1) is 16.7 Å². The van der Waals surface area contributed by atoms with Crippen LogP contribution in [-0.2, 0) is 0 Å². The summed E-state index contributed by atoms with van der Waals surface area (Å²) in [6, 6.07) is 13.6. The Bertz CT molecular complexity index is 774. The van der Waals surface area contributed by atoms with Gasteiger partial charge in [0.2, 0.25) is 0 Å². The van der Waals surface area contributed by atoms with Crippen LogP contribution in [0.2, 0.25) is 0 Å². The molecule has 1 heterocycles. The molecule has 0 fully saturated rings. The van der Waals surface area contributed by atoms with Gasteiger partial charge in [0.25, 0.3) is 0 Å². The number of aromatic nitrogens is 2. The minimum absolute atomic E-state index is 0.0878. The van der Waals surface area contributed by atoms with E-state index in [0.717, 1.165) is 22.4 Å². The smallest absolute Gasteiger partial charge is 0.141 e. The van der Waals surface area contributed by atoms with Crippen LogP contribution in [0.3, 0.4) is 0 Å². The van der Waals surface area contributed by atoms with E-state index < -0.39 is 0 Å². The van der Waals surface area contributed by atoms with Crippen molar-refractivity contribution in [3.63, 3.8) is 0 Å². The molecular formula is C16H17N3O. The minimum Gasteiger partial charge on any atom is -0.506 e. The molecule has 2 aromatic carbocycles. The zero-order valence-corrected chi connectivity index (χ0v) is 11.5. The lowest BCUT2D eigenvalue weighted by atomic mass is 10.1. The summed E-state index contributed by atoms with van der Waals surface area (Å²) < 4.78 is 2.17. The molecule has 0 bridgehead atoms. The Morgan fingerprint density at radius 1 is 1.15 bits per heavy atom. The van der Waals surface area contributed by atoms with Gasteiger partial charge in [0.1, 0.15) is 11.6 Å². The molecule has 0 aliphatic carbocycles. The second-order valence-electron chi connectivity index (χ2n) is 5.16. The monoisotopic (exact) mass is 267 g/mol. The van der Waals surface area contributed by atoms with Crippen LogP contribution in [0.5, 0.6) is 5.75 Å². The van der Waals surface area contributed by atoms with Crippen LogP contribution < -0.4 is 5.73 Å². The average Bonchev–Trinajstić information content (AvgIpc) is 2.81. The number of rotatable bonds is 2. The van der Waals surface area contributed by atoms with Crippen LogP contribution in [0.1, 0.15) is 19.9 Å². The van der Waals surface area contributed by atoms with Gasteiger partial charge in [-0.25, -0.2) is 4.98 Å². The number of para-hydroxylation sites is 2. The van der Waals surface area contributed by atoms with Gasteiger partial charge < -0.3 is 15.4 Å². The van der Waals surface area contributed by atoms with Crippen molar-refractivity contribution in [1.82, 2.24) is 9.55 Å². The van der Waals surface area contributed by atoms with Crippen molar-refractivity contribution in [2.24, 2.45) is 0 Å². The normalized spacial score (nSPS) is 11.3. The number of aromatic hydroxyl groups is 1. The van der Waals surface area contributed by atoms with Crippen molar-refractivity contribution < 1.29 is 5.11 Å². The highest BCUT2D eigenvalue weighted by Gasteiger charge is 2.15. The maximum Gasteiger partial charge on any atom is 0.141 e. The molecule has 0 saturated carbocycles. The third-order valence-corrected chi connectivity index (χ3v) is 3.40. The third-order valence-electron chi connectivity index (χ3n) is 3.40. The molecule has 0 radical (unpaired) electrons. The molecule has 0 amide bonds.